The second-order valence-electron chi connectivity index (χ2n) is 7.98. The van der Waals surface area contributed by atoms with Crippen molar-refractivity contribution >= 4 is 29.2 Å². The molecule has 0 radical (unpaired) electrons. The number of halogens is 1. The predicted molar refractivity (Wildman–Crippen MR) is 113 cm³/mol. The van der Waals surface area contributed by atoms with Crippen molar-refractivity contribution in [3.8, 4) is 5.69 Å². The van der Waals surface area contributed by atoms with Gasteiger partial charge in [-0.25, -0.2) is 4.68 Å². The van der Waals surface area contributed by atoms with Gasteiger partial charge in [0.15, 0.2) is 0 Å². The van der Waals surface area contributed by atoms with E-state index in [4.69, 9.17) is 11.6 Å². The lowest BCUT2D eigenvalue weighted by atomic mass is 9.92. The minimum Gasteiger partial charge on any atom is -0.354 e. The number of hydrogen-bond acceptors (Lipinski definition) is 3. The zero-order chi connectivity index (χ0) is 20.9. The fraction of sp³-hybridized carbons (Fsp3) is 0.476. The maximum absolute atomic E-state index is 12.4. The highest BCUT2D eigenvalue weighted by Gasteiger charge is 2.21. The van der Waals surface area contributed by atoms with Gasteiger partial charge < -0.3 is 10.6 Å². The average Bonchev–Trinajstić information content (AvgIpc) is 3.04. The molecule has 0 spiro atoms. The molecule has 0 saturated carbocycles. The number of rotatable bonds is 7. The molecule has 0 fully saturated rings. The van der Waals surface area contributed by atoms with Gasteiger partial charge in [-0.15, -0.1) is 0 Å². The number of nitrogens with zero attached hydrogens (tertiary/aromatic N) is 2. The Hall–Kier alpha value is -2.34. The fourth-order valence-corrected chi connectivity index (χ4v) is 2.71. The molecule has 0 bridgehead atoms. The van der Waals surface area contributed by atoms with E-state index in [1.165, 1.54) is 0 Å². The number of hydrogen-bond donors (Lipinski definition) is 2. The summed E-state index contributed by atoms with van der Waals surface area (Å²) < 4.78 is 1.67. The van der Waals surface area contributed by atoms with Crippen LogP contribution >= 0.6 is 11.6 Å². The first-order valence-electron chi connectivity index (χ1n) is 9.56. The maximum atomic E-state index is 12.4. The summed E-state index contributed by atoms with van der Waals surface area (Å²) in [7, 11) is 0. The van der Waals surface area contributed by atoms with Crippen LogP contribution in [-0.4, -0.2) is 27.6 Å². The van der Waals surface area contributed by atoms with Crippen molar-refractivity contribution in [2.45, 2.75) is 65.3 Å². The first kappa shape index (κ1) is 22.0. The second-order valence-corrected chi connectivity index (χ2v) is 8.42. The molecule has 1 aromatic heterocycles. The van der Waals surface area contributed by atoms with Crippen LogP contribution in [0.1, 0.15) is 59.6 Å². The third kappa shape index (κ3) is 6.09. The van der Waals surface area contributed by atoms with Gasteiger partial charge in [-0.3, -0.25) is 9.59 Å². The van der Waals surface area contributed by atoms with Gasteiger partial charge in [0.2, 0.25) is 11.8 Å². The minimum atomic E-state index is -0.233. The molecule has 0 aliphatic heterocycles. The van der Waals surface area contributed by atoms with Crippen LogP contribution in [0.2, 0.25) is 5.02 Å². The molecule has 1 aromatic carbocycles. The highest BCUT2D eigenvalue weighted by molar-refractivity contribution is 6.30. The summed E-state index contributed by atoms with van der Waals surface area (Å²) in [6, 6.07) is 9.25. The summed E-state index contributed by atoms with van der Waals surface area (Å²) in [5, 5.41) is 11.0. The second kappa shape index (κ2) is 9.24. The van der Waals surface area contributed by atoms with Gasteiger partial charge in [-0.2, -0.15) is 5.10 Å². The average molecular weight is 405 g/mol. The number of carbonyl (C=O) groups is 2. The normalized spacial score (nSPS) is 12.5. The molecular weight excluding hydrogens is 376 g/mol. The van der Waals surface area contributed by atoms with Crippen LogP contribution in [0.3, 0.4) is 0 Å². The van der Waals surface area contributed by atoms with Gasteiger partial charge in [-0.05, 0) is 31.5 Å². The van der Waals surface area contributed by atoms with Gasteiger partial charge in [0.05, 0.1) is 11.4 Å². The predicted octanol–water partition coefficient (Wildman–Crippen LogP) is 4.46. The number of benzene rings is 1. The SMILES string of the molecule is CC[C@@H](C)NC(=O)CCC(=O)Nc1cc(C(C)(C)C)nn1-c1cccc(Cl)c1. The van der Waals surface area contributed by atoms with Gasteiger partial charge in [-0.1, -0.05) is 45.4 Å². The van der Waals surface area contributed by atoms with E-state index in [9.17, 15) is 9.59 Å². The number of nitrogens with one attached hydrogen (secondary N) is 2. The summed E-state index contributed by atoms with van der Waals surface area (Å²) in [6.07, 6.45) is 1.10. The third-order valence-corrected chi connectivity index (χ3v) is 4.63. The zero-order valence-electron chi connectivity index (χ0n) is 17.2. The molecule has 0 unspecified atom stereocenters. The van der Waals surface area contributed by atoms with Crippen molar-refractivity contribution in [3.05, 3.63) is 41.0 Å². The molecule has 1 atom stereocenters. The van der Waals surface area contributed by atoms with E-state index in [1.807, 2.05) is 32.0 Å². The summed E-state index contributed by atoms with van der Waals surface area (Å²) >= 11 is 6.11. The summed E-state index contributed by atoms with van der Waals surface area (Å²) in [5.41, 5.74) is 1.42. The summed E-state index contributed by atoms with van der Waals surface area (Å²) in [6.45, 7) is 10.1. The van der Waals surface area contributed by atoms with Crippen molar-refractivity contribution in [1.82, 2.24) is 15.1 Å². The van der Waals surface area contributed by atoms with E-state index in [2.05, 4.69) is 36.5 Å². The molecule has 6 nitrogen and oxygen atoms in total. The number of amides is 2. The van der Waals surface area contributed by atoms with Crippen LogP contribution in [0.25, 0.3) is 5.69 Å². The number of aromatic nitrogens is 2. The monoisotopic (exact) mass is 404 g/mol. The molecule has 2 rings (SSSR count). The van der Waals surface area contributed by atoms with E-state index in [0.29, 0.717) is 10.8 Å². The molecule has 2 N–H and O–H groups in total. The van der Waals surface area contributed by atoms with Gasteiger partial charge in [0.25, 0.3) is 0 Å². The molecule has 1 heterocycles. The van der Waals surface area contributed by atoms with Crippen molar-refractivity contribution in [1.29, 1.82) is 0 Å². The Morgan fingerprint density at radius 1 is 1.18 bits per heavy atom. The van der Waals surface area contributed by atoms with E-state index >= 15 is 0 Å². The first-order chi connectivity index (χ1) is 13.1. The van der Waals surface area contributed by atoms with Crippen LogP contribution in [0.5, 0.6) is 0 Å². The van der Waals surface area contributed by atoms with Crippen molar-refractivity contribution < 1.29 is 9.59 Å². The van der Waals surface area contributed by atoms with Gasteiger partial charge in [0, 0.05) is 35.4 Å². The molecule has 0 aliphatic rings. The molecule has 0 aliphatic carbocycles. The van der Waals surface area contributed by atoms with Crippen LogP contribution in [0.15, 0.2) is 30.3 Å². The van der Waals surface area contributed by atoms with E-state index in [1.54, 1.807) is 16.8 Å². The maximum Gasteiger partial charge on any atom is 0.226 e. The molecular formula is C21H29ClN4O2. The van der Waals surface area contributed by atoms with E-state index in [0.717, 1.165) is 17.8 Å². The smallest absolute Gasteiger partial charge is 0.226 e. The van der Waals surface area contributed by atoms with Crippen LogP contribution in [-0.2, 0) is 15.0 Å². The Morgan fingerprint density at radius 3 is 2.46 bits per heavy atom. The lowest BCUT2D eigenvalue weighted by Crippen LogP contribution is -2.32. The quantitative estimate of drug-likeness (QED) is 0.715. The topological polar surface area (TPSA) is 76.0 Å². The Bertz CT molecular complexity index is 839. The summed E-state index contributed by atoms with van der Waals surface area (Å²) in [5.74, 6) is 0.200. The minimum absolute atomic E-state index is 0.105. The van der Waals surface area contributed by atoms with Crippen molar-refractivity contribution in [3.63, 3.8) is 0 Å². The fourth-order valence-electron chi connectivity index (χ4n) is 2.52. The Balaban J connectivity index is 2.16. The first-order valence-corrected chi connectivity index (χ1v) is 9.93. The molecule has 2 aromatic rings. The van der Waals surface area contributed by atoms with Gasteiger partial charge in [0.1, 0.15) is 5.82 Å². The summed E-state index contributed by atoms with van der Waals surface area (Å²) in [4.78, 5) is 24.3. The third-order valence-electron chi connectivity index (χ3n) is 4.40. The van der Waals surface area contributed by atoms with Crippen molar-refractivity contribution in [2.75, 3.05) is 5.32 Å². The van der Waals surface area contributed by atoms with Gasteiger partial charge >= 0.3 is 0 Å². The lowest BCUT2D eigenvalue weighted by molar-refractivity contribution is -0.124. The lowest BCUT2D eigenvalue weighted by Gasteiger charge is -2.14. The molecule has 152 valence electrons. The molecule has 0 saturated heterocycles. The Kier molecular flexibility index (Phi) is 7.24. The number of anilines is 1. The number of carbonyl (C=O) groups excluding carboxylic acids is 2. The molecule has 28 heavy (non-hydrogen) atoms. The van der Waals surface area contributed by atoms with E-state index in [-0.39, 0.29) is 36.1 Å². The highest BCUT2D eigenvalue weighted by Crippen LogP contribution is 2.27. The van der Waals surface area contributed by atoms with Crippen molar-refractivity contribution in [2.24, 2.45) is 0 Å². The zero-order valence-corrected chi connectivity index (χ0v) is 17.9. The van der Waals surface area contributed by atoms with Crippen LogP contribution in [0, 0.1) is 0 Å². The Labute approximate surface area is 171 Å². The Morgan fingerprint density at radius 2 is 1.86 bits per heavy atom. The largest absolute Gasteiger partial charge is 0.354 e. The van der Waals surface area contributed by atoms with Crippen LogP contribution < -0.4 is 10.6 Å². The van der Waals surface area contributed by atoms with Crippen LogP contribution in [0.4, 0.5) is 5.82 Å². The molecule has 2 amide bonds. The highest BCUT2D eigenvalue weighted by atomic mass is 35.5. The molecule has 7 heteroatoms. The van der Waals surface area contributed by atoms with E-state index < -0.39 is 0 Å². The standard InChI is InChI=1S/C21H29ClN4O2/c1-6-14(2)23-19(27)10-11-20(28)24-18-13-17(21(3,4)5)25-26(18)16-9-7-8-15(22)12-16/h7-9,12-14H,6,10-11H2,1-5H3,(H,23,27)(H,24,28)/t14-/m1/s1.